The van der Waals surface area contributed by atoms with Crippen LogP contribution in [0.4, 0.5) is 0 Å². The highest BCUT2D eigenvalue weighted by atomic mass is 16.6. The highest BCUT2D eigenvalue weighted by molar-refractivity contribution is 5.66. The molecule has 0 aromatic heterocycles. The Labute approximate surface area is 65.1 Å². The molecule has 1 atom stereocenters. The van der Waals surface area contributed by atoms with Crippen LogP contribution in [0.5, 0.6) is 0 Å². The molecule has 1 fully saturated rings. The molecule has 4 heteroatoms. The van der Waals surface area contributed by atoms with Gasteiger partial charge in [-0.25, -0.2) is 0 Å². The van der Waals surface area contributed by atoms with Crippen molar-refractivity contribution in [3.05, 3.63) is 0 Å². The lowest BCUT2D eigenvalue weighted by molar-refractivity contribution is -0.137. The monoisotopic (exact) mass is 160 g/mol. The molecule has 4 nitrogen and oxygen atoms in total. The van der Waals surface area contributed by atoms with E-state index in [1.165, 1.54) is 0 Å². The van der Waals surface area contributed by atoms with Crippen LogP contribution in [0.15, 0.2) is 0 Å². The Kier molecular flexibility index (Phi) is 3.32. The van der Waals surface area contributed by atoms with E-state index < -0.39 is 5.97 Å². The molecule has 0 aliphatic carbocycles. The largest absolute Gasteiger partial charge is 0.481 e. The number of rotatable bonds is 6. The van der Waals surface area contributed by atoms with Gasteiger partial charge in [0.2, 0.25) is 0 Å². The minimum atomic E-state index is -0.767. The molecule has 0 aromatic carbocycles. The predicted molar refractivity (Wildman–Crippen MR) is 37.4 cm³/mol. The highest BCUT2D eigenvalue weighted by Gasteiger charge is 2.21. The molecule has 1 rings (SSSR count). The van der Waals surface area contributed by atoms with Crippen LogP contribution in [0.1, 0.15) is 12.8 Å². The number of hydrogen-bond acceptors (Lipinski definition) is 3. The third-order valence-corrected chi connectivity index (χ3v) is 1.39. The van der Waals surface area contributed by atoms with Crippen LogP contribution >= 0.6 is 0 Å². The zero-order valence-electron chi connectivity index (χ0n) is 6.28. The smallest absolute Gasteiger partial charge is 0.303 e. The van der Waals surface area contributed by atoms with Gasteiger partial charge in [-0.2, -0.15) is 0 Å². The number of aliphatic carboxylic acids is 1. The summed E-state index contributed by atoms with van der Waals surface area (Å²) in [7, 11) is 0. The van der Waals surface area contributed by atoms with Gasteiger partial charge in [-0.15, -0.1) is 0 Å². The Morgan fingerprint density at radius 1 is 1.73 bits per heavy atom. The Hall–Kier alpha value is -0.610. The number of hydrogen-bond donors (Lipinski definition) is 1. The lowest BCUT2D eigenvalue weighted by Gasteiger charge is -1.98. The van der Waals surface area contributed by atoms with E-state index >= 15 is 0 Å². The van der Waals surface area contributed by atoms with Gasteiger partial charge >= 0.3 is 5.97 Å². The molecule has 1 saturated heterocycles. The molecule has 0 spiro atoms. The second kappa shape index (κ2) is 4.31. The van der Waals surface area contributed by atoms with Gasteiger partial charge in [-0.1, -0.05) is 0 Å². The molecule has 11 heavy (non-hydrogen) atoms. The quantitative estimate of drug-likeness (QED) is 0.447. The summed E-state index contributed by atoms with van der Waals surface area (Å²) in [5.74, 6) is -0.767. The van der Waals surface area contributed by atoms with E-state index in [-0.39, 0.29) is 12.5 Å². The van der Waals surface area contributed by atoms with Crippen molar-refractivity contribution in [2.24, 2.45) is 0 Å². The molecule has 1 unspecified atom stereocenters. The van der Waals surface area contributed by atoms with Crippen molar-refractivity contribution >= 4 is 5.97 Å². The van der Waals surface area contributed by atoms with Crippen LogP contribution in [0.3, 0.4) is 0 Å². The van der Waals surface area contributed by atoms with Gasteiger partial charge in [0, 0.05) is 13.0 Å². The normalized spacial score (nSPS) is 21.6. The summed E-state index contributed by atoms with van der Waals surface area (Å²) < 4.78 is 10.0. The van der Waals surface area contributed by atoms with E-state index in [9.17, 15) is 4.79 Å². The lowest BCUT2D eigenvalue weighted by Crippen LogP contribution is -2.04. The third kappa shape index (κ3) is 4.75. The third-order valence-electron chi connectivity index (χ3n) is 1.39. The standard InChI is InChI=1S/C7H12O4/c8-7(9)2-1-3-10-4-6-5-11-6/h6H,1-5H2,(H,8,9). The summed E-state index contributed by atoms with van der Waals surface area (Å²) in [6, 6.07) is 0. The van der Waals surface area contributed by atoms with Gasteiger partial charge < -0.3 is 14.6 Å². The Balaban J connectivity index is 1.76. The van der Waals surface area contributed by atoms with Crippen LogP contribution < -0.4 is 0 Å². The van der Waals surface area contributed by atoms with Crippen molar-refractivity contribution in [3.63, 3.8) is 0 Å². The Bertz CT molecular complexity index is 130. The van der Waals surface area contributed by atoms with Crippen LogP contribution in [-0.4, -0.2) is 37.0 Å². The Morgan fingerprint density at radius 3 is 3.00 bits per heavy atom. The van der Waals surface area contributed by atoms with E-state index in [1.54, 1.807) is 0 Å². The van der Waals surface area contributed by atoms with Gasteiger partial charge in [0.1, 0.15) is 6.10 Å². The van der Waals surface area contributed by atoms with Crippen LogP contribution in [0, 0.1) is 0 Å². The summed E-state index contributed by atoms with van der Waals surface area (Å²) in [5.41, 5.74) is 0. The number of epoxide rings is 1. The topological polar surface area (TPSA) is 59.1 Å². The second-order valence-corrected chi connectivity index (χ2v) is 2.53. The molecule has 1 N–H and O–H groups in total. The van der Waals surface area contributed by atoms with Crippen molar-refractivity contribution in [3.8, 4) is 0 Å². The average Bonchev–Trinajstić information content (AvgIpc) is 2.70. The van der Waals surface area contributed by atoms with Gasteiger partial charge in [-0.3, -0.25) is 4.79 Å². The van der Waals surface area contributed by atoms with E-state index in [0.29, 0.717) is 19.6 Å². The van der Waals surface area contributed by atoms with Gasteiger partial charge in [0.15, 0.2) is 0 Å². The maximum atomic E-state index is 10.0. The van der Waals surface area contributed by atoms with E-state index in [2.05, 4.69) is 0 Å². The summed E-state index contributed by atoms with van der Waals surface area (Å²) in [6.07, 6.45) is 1.05. The molecule has 0 saturated carbocycles. The molecule has 1 heterocycles. The molecule has 1 aliphatic rings. The molecule has 1 aliphatic heterocycles. The zero-order valence-corrected chi connectivity index (χ0v) is 6.28. The SMILES string of the molecule is O=C(O)CCCOCC1CO1. The fraction of sp³-hybridized carbons (Fsp3) is 0.857. The number of ether oxygens (including phenoxy) is 2. The molecule has 0 bridgehead atoms. The molecule has 0 aromatic rings. The van der Waals surface area contributed by atoms with E-state index in [0.717, 1.165) is 6.61 Å². The molecule has 0 radical (unpaired) electrons. The number of carboxylic acids is 1. The van der Waals surface area contributed by atoms with Crippen molar-refractivity contribution < 1.29 is 19.4 Å². The summed E-state index contributed by atoms with van der Waals surface area (Å²) >= 11 is 0. The lowest BCUT2D eigenvalue weighted by atomic mass is 10.3. The van der Waals surface area contributed by atoms with Gasteiger partial charge in [-0.05, 0) is 6.42 Å². The Morgan fingerprint density at radius 2 is 2.45 bits per heavy atom. The summed E-state index contributed by atoms with van der Waals surface area (Å²) in [5, 5.41) is 8.25. The van der Waals surface area contributed by atoms with Gasteiger partial charge in [0.25, 0.3) is 0 Å². The molecular weight excluding hydrogens is 148 g/mol. The fourth-order valence-corrected chi connectivity index (χ4v) is 0.705. The summed E-state index contributed by atoms with van der Waals surface area (Å²) in [6.45, 7) is 1.92. The molecule has 0 amide bonds. The highest BCUT2D eigenvalue weighted by Crippen LogP contribution is 2.08. The van der Waals surface area contributed by atoms with Crippen molar-refractivity contribution in [2.45, 2.75) is 18.9 Å². The maximum Gasteiger partial charge on any atom is 0.303 e. The second-order valence-electron chi connectivity index (χ2n) is 2.53. The van der Waals surface area contributed by atoms with Crippen molar-refractivity contribution in [1.82, 2.24) is 0 Å². The van der Waals surface area contributed by atoms with E-state index in [4.69, 9.17) is 14.6 Å². The van der Waals surface area contributed by atoms with Crippen LogP contribution in [0.25, 0.3) is 0 Å². The predicted octanol–water partition coefficient (Wildman–Crippen LogP) is 0.267. The molecular formula is C7H12O4. The zero-order chi connectivity index (χ0) is 8.10. The fourth-order valence-electron chi connectivity index (χ4n) is 0.705. The summed E-state index contributed by atoms with van der Waals surface area (Å²) in [4.78, 5) is 10.0. The first kappa shape index (κ1) is 8.49. The van der Waals surface area contributed by atoms with Crippen LogP contribution in [0.2, 0.25) is 0 Å². The first-order chi connectivity index (χ1) is 5.29. The minimum Gasteiger partial charge on any atom is -0.481 e. The van der Waals surface area contributed by atoms with Crippen molar-refractivity contribution in [1.29, 1.82) is 0 Å². The van der Waals surface area contributed by atoms with Crippen molar-refractivity contribution in [2.75, 3.05) is 19.8 Å². The minimum absolute atomic E-state index is 0.186. The van der Waals surface area contributed by atoms with Crippen LogP contribution in [-0.2, 0) is 14.3 Å². The van der Waals surface area contributed by atoms with Gasteiger partial charge in [0.05, 0.1) is 13.2 Å². The first-order valence-electron chi connectivity index (χ1n) is 3.70. The van der Waals surface area contributed by atoms with E-state index in [1.807, 2.05) is 0 Å². The number of carbonyl (C=O) groups is 1. The number of carboxylic acid groups (broad SMARTS) is 1. The average molecular weight is 160 g/mol. The maximum absolute atomic E-state index is 10.0. The first-order valence-corrected chi connectivity index (χ1v) is 3.70. The molecule has 64 valence electrons.